The molecule has 9 heteroatoms. The standard InChI is InChI=1S/C14H16I3N3S.2ClH/c15-10-7-9-8-18-14(19-13(9)12(17)11(10)16)21-6-5-20-3-1-2-4-20;;/h7H,1-6,8H2,(H,18,19);2*1H. The van der Waals surface area contributed by atoms with Crippen LogP contribution in [0.15, 0.2) is 11.1 Å². The van der Waals surface area contributed by atoms with E-state index in [1.807, 2.05) is 11.8 Å². The van der Waals surface area contributed by atoms with Gasteiger partial charge in [0, 0.05) is 19.4 Å². The Bertz CT molecular complexity index is 581. The van der Waals surface area contributed by atoms with Gasteiger partial charge in [0.1, 0.15) is 0 Å². The van der Waals surface area contributed by atoms with Gasteiger partial charge >= 0.3 is 0 Å². The molecule has 130 valence electrons. The van der Waals surface area contributed by atoms with Crippen molar-refractivity contribution in [3.8, 4) is 0 Å². The van der Waals surface area contributed by atoms with Crippen LogP contribution in [0.25, 0.3) is 0 Å². The number of nitrogens with zero attached hydrogens (tertiary/aromatic N) is 2. The fourth-order valence-electron chi connectivity index (χ4n) is 2.57. The van der Waals surface area contributed by atoms with Gasteiger partial charge in [-0.15, -0.1) is 24.8 Å². The predicted octanol–water partition coefficient (Wildman–Crippen LogP) is 5.45. The van der Waals surface area contributed by atoms with Gasteiger partial charge in [-0.3, -0.25) is 4.99 Å². The molecule has 0 aromatic heterocycles. The van der Waals surface area contributed by atoms with Crippen molar-refractivity contribution in [2.75, 3.05) is 30.7 Å². The molecule has 0 radical (unpaired) electrons. The fourth-order valence-corrected chi connectivity index (χ4v) is 5.80. The number of fused-ring (bicyclic) bond motifs is 1. The number of hydrogen-bond acceptors (Lipinski definition) is 4. The smallest absolute Gasteiger partial charge is 0.161 e. The Morgan fingerprint density at radius 2 is 1.83 bits per heavy atom. The molecule has 2 aliphatic rings. The molecule has 1 fully saturated rings. The normalized spacial score (nSPS) is 16.7. The van der Waals surface area contributed by atoms with Gasteiger partial charge in [0.05, 0.1) is 15.8 Å². The van der Waals surface area contributed by atoms with Crippen molar-refractivity contribution in [1.29, 1.82) is 0 Å². The highest BCUT2D eigenvalue weighted by Crippen LogP contribution is 2.34. The average molecular weight is 712 g/mol. The lowest BCUT2D eigenvalue weighted by molar-refractivity contribution is 0.362. The quantitative estimate of drug-likeness (QED) is 0.334. The first kappa shape index (κ1) is 22.8. The lowest BCUT2D eigenvalue weighted by Crippen LogP contribution is -2.24. The first-order valence-electron chi connectivity index (χ1n) is 6.98. The van der Waals surface area contributed by atoms with Gasteiger partial charge in [0.15, 0.2) is 5.17 Å². The lowest BCUT2D eigenvalue weighted by Gasteiger charge is -2.21. The summed E-state index contributed by atoms with van der Waals surface area (Å²) in [5.74, 6) is 1.12. The first-order valence-corrected chi connectivity index (χ1v) is 11.2. The minimum Gasteiger partial charge on any atom is -0.334 e. The van der Waals surface area contributed by atoms with Crippen LogP contribution in [0.4, 0.5) is 5.69 Å². The van der Waals surface area contributed by atoms with Crippen LogP contribution in [0.2, 0.25) is 0 Å². The third-order valence-electron chi connectivity index (χ3n) is 3.71. The van der Waals surface area contributed by atoms with E-state index < -0.39 is 0 Å². The van der Waals surface area contributed by atoms with E-state index in [0.29, 0.717) is 0 Å². The number of likely N-dealkylation sites (tertiary alicyclic amines) is 1. The van der Waals surface area contributed by atoms with Crippen LogP contribution in [0.1, 0.15) is 18.4 Å². The second kappa shape index (κ2) is 10.8. The summed E-state index contributed by atoms with van der Waals surface area (Å²) in [6, 6.07) is 2.25. The average Bonchev–Trinajstić information content (AvgIpc) is 2.99. The summed E-state index contributed by atoms with van der Waals surface area (Å²) in [4.78, 5) is 7.24. The number of aliphatic imine (C=N–C) groups is 1. The predicted molar refractivity (Wildman–Crippen MR) is 132 cm³/mol. The topological polar surface area (TPSA) is 27.6 Å². The molecule has 0 saturated carbocycles. The summed E-state index contributed by atoms with van der Waals surface area (Å²) >= 11 is 9.13. The molecule has 0 aliphatic carbocycles. The maximum Gasteiger partial charge on any atom is 0.161 e. The van der Waals surface area contributed by atoms with E-state index >= 15 is 0 Å². The van der Waals surface area contributed by atoms with Crippen molar-refractivity contribution in [2.24, 2.45) is 4.99 Å². The Kier molecular flexibility index (Phi) is 10.7. The van der Waals surface area contributed by atoms with Crippen LogP contribution < -0.4 is 5.32 Å². The number of benzene rings is 1. The summed E-state index contributed by atoms with van der Waals surface area (Å²) in [6.45, 7) is 4.53. The van der Waals surface area contributed by atoms with Crippen LogP contribution >= 0.6 is 104 Å². The van der Waals surface area contributed by atoms with Crippen molar-refractivity contribution in [3.63, 3.8) is 0 Å². The van der Waals surface area contributed by atoms with Gasteiger partial charge in [-0.2, -0.15) is 0 Å². The van der Waals surface area contributed by atoms with Gasteiger partial charge in [0.25, 0.3) is 0 Å². The largest absolute Gasteiger partial charge is 0.334 e. The summed E-state index contributed by atoms with van der Waals surface area (Å²) in [6.07, 6.45) is 2.74. The number of hydrogen-bond donors (Lipinski definition) is 1. The molecule has 1 aromatic rings. The summed E-state index contributed by atoms with van der Waals surface area (Å²) < 4.78 is 3.98. The molecule has 1 aromatic carbocycles. The number of thioether (sulfide) groups is 1. The number of anilines is 1. The van der Waals surface area contributed by atoms with Gasteiger partial charge in [-0.1, -0.05) is 11.8 Å². The number of halogens is 5. The Morgan fingerprint density at radius 3 is 2.52 bits per heavy atom. The Hall–Kier alpha value is 1.77. The first-order chi connectivity index (χ1) is 10.1. The highest BCUT2D eigenvalue weighted by molar-refractivity contribution is 14.1. The SMILES string of the molecule is Cl.Cl.Ic1cc2c(c(I)c1I)NC(SCCN1CCCC1)=NC2. The van der Waals surface area contributed by atoms with Crippen molar-refractivity contribution < 1.29 is 0 Å². The minimum atomic E-state index is 0. The minimum absolute atomic E-state index is 0. The number of amidine groups is 1. The van der Waals surface area contributed by atoms with E-state index in [0.717, 1.165) is 17.5 Å². The molecular formula is C14H18Cl2I3N3S. The van der Waals surface area contributed by atoms with E-state index in [2.05, 4.69) is 89.0 Å². The summed E-state index contributed by atoms with van der Waals surface area (Å²) in [5.41, 5.74) is 2.58. The van der Waals surface area contributed by atoms with E-state index in [1.54, 1.807) is 0 Å². The van der Waals surface area contributed by atoms with Crippen molar-refractivity contribution in [1.82, 2.24) is 4.90 Å². The summed E-state index contributed by atoms with van der Waals surface area (Å²) in [7, 11) is 0. The monoisotopic (exact) mass is 711 g/mol. The molecule has 0 unspecified atom stereocenters. The van der Waals surface area contributed by atoms with Crippen molar-refractivity contribution >= 4 is 115 Å². The van der Waals surface area contributed by atoms with Gasteiger partial charge < -0.3 is 10.2 Å². The van der Waals surface area contributed by atoms with E-state index in [9.17, 15) is 0 Å². The molecule has 2 aliphatic heterocycles. The molecule has 0 amide bonds. The lowest BCUT2D eigenvalue weighted by atomic mass is 10.1. The zero-order chi connectivity index (χ0) is 14.8. The van der Waals surface area contributed by atoms with Crippen molar-refractivity contribution in [2.45, 2.75) is 19.4 Å². The molecular weight excluding hydrogens is 694 g/mol. The Labute approximate surface area is 195 Å². The molecule has 0 spiro atoms. The van der Waals surface area contributed by atoms with Gasteiger partial charge in [-0.25, -0.2) is 0 Å². The number of nitrogens with one attached hydrogen (secondary N) is 1. The highest BCUT2D eigenvalue weighted by Gasteiger charge is 2.19. The third-order valence-corrected chi connectivity index (χ3v) is 9.72. The van der Waals surface area contributed by atoms with Crippen LogP contribution in [-0.2, 0) is 6.54 Å². The molecule has 23 heavy (non-hydrogen) atoms. The van der Waals surface area contributed by atoms with Crippen LogP contribution in [0, 0.1) is 10.7 Å². The molecule has 2 heterocycles. The fraction of sp³-hybridized carbons (Fsp3) is 0.500. The van der Waals surface area contributed by atoms with E-state index in [4.69, 9.17) is 0 Å². The Morgan fingerprint density at radius 1 is 1.13 bits per heavy atom. The molecule has 1 N–H and O–H groups in total. The Balaban J connectivity index is 0.00000132. The van der Waals surface area contributed by atoms with E-state index in [1.165, 1.54) is 54.4 Å². The molecule has 3 rings (SSSR count). The third kappa shape index (κ3) is 5.88. The van der Waals surface area contributed by atoms with Crippen molar-refractivity contribution in [3.05, 3.63) is 22.3 Å². The molecule has 3 nitrogen and oxygen atoms in total. The zero-order valence-electron chi connectivity index (χ0n) is 12.3. The van der Waals surface area contributed by atoms with Gasteiger partial charge in [0.2, 0.25) is 0 Å². The highest BCUT2D eigenvalue weighted by atomic mass is 127. The molecule has 0 bridgehead atoms. The van der Waals surface area contributed by atoms with Crippen LogP contribution in [-0.4, -0.2) is 35.5 Å². The van der Waals surface area contributed by atoms with Crippen LogP contribution in [0.5, 0.6) is 0 Å². The zero-order valence-corrected chi connectivity index (χ0v) is 21.2. The molecule has 0 atom stereocenters. The number of rotatable bonds is 3. The molecule has 1 saturated heterocycles. The van der Waals surface area contributed by atoms with Gasteiger partial charge in [-0.05, 0) is 105 Å². The second-order valence-corrected chi connectivity index (χ2v) is 9.57. The van der Waals surface area contributed by atoms with E-state index in [-0.39, 0.29) is 24.8 Å². The second-order valence-electron chi connectivity index (χ2n) is 5.16. The summed E-state index contributed by atoms with van der Waals surface area (Å²) in [5, 5.41) is 4.62. The van der Waals surface area contributed by atoms with Crippen LogP contribution in [0.3, 0.4) is 0 Å². The maximum absolute atomic E-state index is 4.69. The maximum atomic E-state index is 4.69.